The second-order valence-electron chi connectivity index (χ2n) is 8.90. The summed E-state index contributed by atoms with van der Waals surface area (Å²) in [5.74, 6) is 1.16. The third kappa shape index (κ3) is 6.01. The Labute approximate surface area is 214 Å². The molecule has 0 atom stereocenters. The number of fused-ring (bicyclic) bond motifs is 1. The van der Waals surface area contributed by atoms with Crippen LogP contribution in [-0.4, -0.2) is 80.3 Å². The number of anilines is 1. The number of likely N-dealkylation sites (N-methyl/N-ethyl adjacent to an activating group) is 1. The molecule has 11 nitrogen and oxygen atoms in total. The van der Waals surface area contributed by atoms with Crippen LogP contribution in [0.2, 0.25) is 0 Å². The molecule has 0 unspecified atom stereocenters. The van der Waals surface area contributed by atoms with Crippen molar-refractivity contribution in [3.63, 3.8) is 0 Å². The van der Waals surface area contributed by atoms with Crippen LogP contribution in [0.1, 0.15) is 13.0 Å². The first-order chi connectivity index (χ1) is 17.7. The van der Waals surface area contributed by atoms with Gasteiger partial charge in [0.05, 0.1) is 18.0 Å². The van der Waals surface area contributed by atoms with E-state index < -0.39 is 5.97 Å². The van der Waals surface area contributed by atoms with Gasteiger partial charge in [-0.05, 0) is 50.5 Å². The number of aromatic nitrogens is 4. The van der Waals surface area contributed by atoms with Gasteiger partial charge in [-0.25, -0.2) is 14.6 Å². The molecule has 11 heteroatoms. The third-order valence-electron chi connectivity index (χ3n) is 5.64. The van der Waals surface area contributed by atoms with Gasteiger partial charge in [0.15, 0.2) is 5.65 Å². The van der Waals surface area contributed by atoms with E-state index in [4.69, 9.17) is 25.5 Å². The van der Waals surface area contributed by atoms with Gasteiger partial charge in [-0.2, -0.15) is 5.10 Å². The molecule has 3 heterocycles. The second-order valence-corrected chi connectivity index (χ2v) is 8.90. The first kappa shape index (κ1) is 25.6. The average molecular weight is 504 g/mol. The molecule has 3 N–H and O–H groups in total. The molecule has 5 rings (SSSR count). The van der Waals surface area contributed by atoms with Crippen LogP contribution in [0.25, 0.3) is 22.3 Å². The SMILES string of the molecule is CC(=O)O.CN(C)CC(=O)N1CC(n2nc(-c3ccc(Oc4ccccc4)cc3)c3c(N)ncnc32)C1. The minimum atomic E-state index is -0.833. The summed E-state index contributed by atoms with van der Waals surface area (Å²) in [6, 6.07) is 17.4. The maximum atomic E-state index is 12.3. The zero-order chi connectivity index (χ0) is 26.5. The molecule has 2 aromatic carbocycles. The second kappa shape index (κ2) is 11.0. The number of rotatable bonds is 6. The number of carboxylic acids is 1. The highest BCUT2D eigenvalue weighted by molar-refractivity contribution is 5.98. The predicted octanol–water partition coefficient (Wildman–Crippen LogP) is 2.90. The number of para-hydroxylation sites is 1. The molecule has 1 aliphatic heterocycles. The largest absolute Gasteiger partial charge is 0.481 e. The molecule has 1 aliphatic rings. The van der Waals surface area contributed by atoms with Crippen LogP contribution in [0.3, 0.4) is 0 Å². The monoisotopic (exact) mass is 503 g/mol. The van der Waals surface area contributed by atoms with Crippen molar-refractivity contribution in [2.24, 2.45) is 0 Å². The van der Waals surface area contributed by atoms with Gasteiger partial charge in [-0.3, -0.25) is 9.59 Å². The number of aliphatic carboxylic acids is 1. The lowest BCUT2D eigenvalue weighted by atomic mass is 10.1. The first-order valence-electron chi connectivity index (χ1n) is 11.7. The Morgan fingerprint density at radius 2 is 1.68 bits per heavy atom. The Balaban J connectivity index is 0.000000747. The molecule has 1 amide bonds. The number of hydrogen-bond donors (Lipinski definition) is 2. The van der Waals surface area contributed by atoms with Crippen LogP contribution >= 0.6 is 0 Å². The molecular weight excluding hydrogens is 474 g/mol. The van der Waals surface area contributed by atoms with Crippen LogP contribution in [0, 0.1) is 0 Å². The number of carbonyl (C=O) groups is 2. The molecule has 2 aromatic heterocycles. The van der Waals surface area contributed by atoms with E-state index in [0.29, 0.717) is 42.2 Å². The van der Waals surface area contributed by atoms with Crippen molar-refractivity contribution >= 4 is 28.7 Å². The summed E-state index contributed by atoms with van der Waals surface area (Å²) in [6.07, 6.45) is 1.45. The third-order valence-corrected chi connectivity index (χ3v) is 5.64. The highest BCUT2D eigenvalue weighted by atomic mass is 16.5. The van der Waals surface area contributed by atoms with E-state index in [-0.39, 0.29) is 11.9 Å². The van der Waals surface area contributed by atoms with Gasteiger partial charge in [0.2, 0.25) is 5.91 Å². The van der Waals surface area contributed by atoms with Crippen LogP contribution in [-0.2, 0) is 9.59 Å². The number of carboxylic acid groups (broad SMARTS) is 1. The van der Waals surface area contributed by atoms with Gasteiger partial charge in [0.25, 0.3) is 5.97 Å². The molecule has 0 spiro atoms. The number of nitrogens with two attached hydrogens (primary N) is 1. The Hall–Kier alpha value is -4.51. The minimum absolute atomic E-state index is 0.0438. The van der Waals surface area contributed by atoms with Gasteiger partial charge in [0.1, 0.15) is 29.3 Å². The molecule has 192 valence electrons. The normalized spacial score (nSPS) is 13.1. The van der Waals surface area contributed by atoms with Crippen molar-refractivity contribution in [2.45, 2.75) is 13.0 Å². The van der Waals surface area contributed by atoms with Crippen molar-refractivity contribution in [2.75, 3.05) is 39.5 Å². The Bertz CT molecular complexity index is 1380. The van der Waals surface area contributed by atoms with Crippen LogP contribution < -0.4 is 10.5 Å². The number of ether oxygens (including phenoxy) is 1. The smallest absolute Gasteiger partial charge is 0.300 e. The molecule has 0 bridgehead atoms. The Morgan fingerprint density at radius 1 is 1.05 bits per heavy atom. The summed E-state index contributed by atoms with van der Waals surface area (Å²) in [5, 5.41) is 13.0. The fourth-order valence-corrected chi connectivity index (χ4v) is 3.94. The van der Waals surface area contributed by atoms with Crippen molar-refractivity contribution in [3.8, 4) is 22.8 Å². The molecule has 1 saturated heterocycles. The summed E-state index contributed by atoms with van der Waals surface area (Å²) >= 11 is 0. The molecule has 4 aromatic rings. The fourth-order valence-electron chi connectivity index (χ4n) is 3.94. The maximum absolute atomic E-state index is 12.3. The molecule has 1 fully saturated rings. The standard InChI is InChI=1S/C24H25N7O2.C2H4O2/c1-29(2)14-20(32)30-12-17(13-30)31-24-21(23(25)26-15-27-24)22(28-31)16-8-10-19(11-9-16)33-18-6-4-3-5-7-18;1-2(3)4/h3-11,15,17H,12-14H2,1-2H3,(H2,25,26,27);1H3,(H,3,4). The number of carbonyl (C=O) groups excluding carboxylic acids is 1. The minimum Gasteiger partial charge on any atom is -0.481 e. The lowest BCUT2D eigenvalue weighted by Crippen LogP contribution is -2.53. The molecule has 0 saturated carbocycles. The lowest BCUT2D eigenvalue weighted by Gasteiger charge is -2.39. The average Bonchev–Trinajstić information content (AvgIpc) is 3.19. The van der Waals surface area contributed by atoms with Crippen molar-refractivity contribution in [3.05, 3.63) is 60.9 Å². The fraction of sp³-hybridized carbons (Fsp3) is 0.269. The summed E-state index contributed by atoms with van der Waals surface area (Å²) in [5.41, 5.74) is 8.51. The van der Waals surface area contributed by atoms with Crippen molar-refractivity contribution in [1.82, 2.24) is 29.5 Å². The van der Waals surface area contributed by atoms with Gasteiger partial charge >= 0.3 is 0 Å². The quantitative estimate of drug-likeness (QED) is 0.406. The number of nitrogen functional groups attached to an aromatic ring is 1. The van der Waals surface area contributed by atoms with Gasteiger partial charge in [0, 0.05) is 25.6 Å². The van der Waals surface area contributed by atoms with Gasteiger partial charge < -0.3 is 25.4 Å². The number of likely N-dealkylation sites (tertiary alicyclic amines) is 1. The van der Waals surface area contributed by atoms with Crippen LogP contribution in [0.5, 0.6) is 11.5 Å². The Morgan fingerprint density at radius 3 is 2.30 bits per heavy atom. The van der Waals surface area contributed by atoms with E-state index in [0.717, 1.165) is 24.0 Å². The summed E-state index contributed by atoms with van der Waals surface area (Å²) in [7, 11) is 3.77. The predicted molar refractivity (Wildman–Crippen MR) is 139 cm³/mol. The summed E-state index contributed by atoms with van der Waals surface area (Å²) in [4.78, 5) is 33.7. The van der Waals surface area contributed by atoms with Crippen molar-refractivity contribution in [1.29, 1.82) is 0 Å². The van der Waals surface area contributed by atoms with E-state index in [9.17, 15) is 4.79 Å². The summed E-state index contributed by atoms with van der Waals surface area (Å²) in [6.45, 7) is 2.66. The molecular formula is C26H29N7O4. The number of hydrogen-bond acceptors (Lipinski definition) is 8. The molecule has 0 aliphatic carbocycles. The van der Waals surface area contributed by atoms with E-state index in [2.05, 4.69) is 9.97 Å². The molecule has 37 heavy (non-hydrogen) atoms. The summed E-state index contributed by atoms with van der Waals surface area (Å²) < 4.78 is 7.77. The van der Waals surface area contributed by atoms with Crippen molar-refractivity contribution < 1.29 is 19.4 Å². The van der Waals surface area contributed by atoms with Crippen LogP contribution in [0.4, 0.5) is 5.82 Å². The Kier molecular flexibility index (Phi) is 7.63. The number of benzene rings is 2. The first-order valence-corrected chi connectivity index (χ1v) is 11.7. The lowest BCUT2D eigenvalue weighted by molar-refractivity contribution is -0.137. The molecule has 0 radical (unpaired) electrons. The topological polar surface area (TPSA) is 140 Å². The van der Waals surface area contributed by atoms with E-state index in [1.54, 1.807) is 0 Å². The maximum Gasteiger partial charge on any atom is 0.300 e. The number of amides is 1. The zero-order valence-corrected chi connectivity index (χ0v) is 20.9. The van der Waals surface area contributed by atoms with E-state index in [1.807, 2.05) is 83.2 Å². The highest BCUT2D eigenvalue weighted by Gasteiger charge is 2.34. The van der Waals surface area contributed by atoms with Gasteiger partial charge in [-0.15, -0.1) is 0 Å². The van der Waals surface area contributed by atoms with Crippen LogP contribution in [0.15, 0.2) is 60.9 Å². The number of nitrogens with zero attached hydrogens (tertiary/aromatic N) is 6. The zero-order valence-electron chi connectivity index (χ0n) is 20.9. The van der Waals surface area contributed by atoms with Gasteiger partial charge in [-0.1, -0.05) is 18.2 Å². The highest BCUT2D eigenvalue weighted by Crippen LogP contribution is 2.34. The van der Waals surface area contributed by atoms with E-state index in [1.165, 1.54) is 6.33 Å². The van der Waals surface area contributed by atoms with E-state index >= 15 is 0 Å².